The number of sulfonamides is 1. The third-order valence-corrected chi connectivity index (χ3v) is 5.85. The summed E-state index contributed by atoms with van der Waals surface area (Å²) in [5.74, 6) is -1.14. The lowest BCUT2D eigenvalue weighted by Gasteiger charge is -2.32. The van der Waals surface area contributed by atoms with E-state index in [2.05, 4.69) is 0 Å². The Bertz CT molecular complexity index is 632. The van der Waals surface area contributed by atoms with Crippen LogP contribution in [0.3, 0.4) is 0 Å². The molecule has 0 bridgehead atoms. The highest BCUT2D eigenvalue weighted by Gasteiger charge is 2.38. The molecule has 1 heterocycles. The minimum atomic E-state index is -3.94. The van der Waals surface area contributed by atoms with Crippen molar-refractivity contribution in [2.75, 3.05) is 6.54 Å². The number of piperidine rings is 1. The van der Waals surface area contributed by atoms with Gasteiger partial charge in [-0.3, -0.25) is 4.79 Å². The maximum Gasteiger partial charge on any atom is 0.322 e. The largest absolute Gasteiger partial charge is 0.480 e. The first-order valence-electron chi connectivity index (χ1n) is 6.04. The molecule has 1 N–H and O–H groups in total. The summed E-state index contributed by atoms with van der Waals surface area (Å²) < 4.78 is 26.1. The lowest BCUT2D eigenvalue weighted by atomic mass is 10.1. The molecule has 0 radical (unpaired) electrons. The van der Waals surface area contributed by atoms with Gasteiger partial charge in [-0.1, -0.05) is 23.2 Å². The molecule has 1 saturated heterocycles. The zero-order chi connectivity index (χ0) is 14.9. The number of carbonyl (C=O) groups is 1. The van der Waals surface area contributed by atoms with E-state index in [4.69, 9.17) is 23.2 Å². The molecule has 5 nitrogen and oxygen atoms in total. The molecular weight excluding hydrogens is 325 g/mol. The number of carboxylic acid groups (broad SMARTS) is 1. The van der Waals surface area contributed by atoms with Crippen molar-refractivity contribution < 1.29 is 18.3 Å². The molecule has 1 atom stereocenters. The van der Waals surface area contributed by atoms with Gasteiger partial charge in [0.25, 0.3) is 0 Å². The highest BCUT2D eigenvalue weighted by atomic mass is 35.5. The first-order chi connectivity index (χ1) is 9.34. The van der Waals surface area contributed by atoms with Crippen LogP contribution in [-0.4, -0.2) is 36.4 Å². The number of carboxylic acids is 1. The van der Waals surface area contributed by atoms with E-state index in [0.29, 0.717) is 24.3 Å². The van der Waals surface area contributed by atoms with Crippen LogP contribution in [0.25, 0.3) is 0 Å². The maximum absolute atomic E-state index is 12.6. The zero-order valence-electron chi connectivity index (χ0n) is 10.4. The first-order valence-corrected chi connectivity index (χ1v) is 8.23. The molecule has 110 valence electrons. The van der Waals surface area contributed by atoms with Crippen LogP contribution in [0.5, 0.6) is 0 Å². The van der Waals surface area contributed by atoms with E-state index in [9.17, 15) is 18.3 Å². The minimum absolute atomic E-state index is 0.00721. The molecule has 0 amide bonds. The Labute approximate surface area is 127 Å². The third kappa shape index (κ3) is 2.93. The van der Waals surface area contributed by atoms with Gasteiger partial charge < -0.3 is 5.11 Å². The predicted octanol–water partition coefficient (Wildman–Crippen LogP) is 2.62. The fourth-order valence-electron chi connectivity index (χ4n) is 2.25. The molecule has 2 rings (SSSR count). The number of nitrogens with zero attached hydrogens (tertiary/aromatic N) is 1. The minimum Gasteiger partial charge on any atom is -0.480 e. The van der Waals surface area contributed by atoms with E-state index in [-0.39, 0.29) is 16.5 Å². The van der Waals surface area contributed by atoms with E-state index >= 15 is 0 Å². The van der Waals surface area contributed by atoms with Crippen LogP contribution >= 0.6 is 23.2 Å². The molecule has 20 heavy (non-hydrogen) atoms. The van der Waals surface area contributed by atoms with Crippen LogP contribution in [0.1, 0.15) is 19.3 Å². The summed E-state index contributed by atoms with van der Waals surface area (Å²) in [7, 11) is -3.94. The molecule has 1 aromatic rings. The van der Waals surface area contributed by atoms with Crippen LogP contribution in [0.2, 0.25) is 10.0 Å². The summed E-state index contributed by atoms with van der Waals surface area (Å²) in [4.78, 5) is 11.1. The number of hydrogen-bond donors (Lipinski definition) is 1. The Kier molecular flexibility index (Phi) is 4.59. The molecular formula is C12H13Cl2NO4S. The number of aliphatic carboxylic acids is 1. The lowest BCUT2D eigenvalue weighted by molar-refractivity contribution is -0.142. The standard InChI is InChI=1S/C12H13Cl2NO4S/c13-8-4-5-11(9(14)7-8)20(18,19)15-6-2-1-3-10(15)12(16)17/h4-5,7,10H,1-3,6H2,(H,16,17). The Morgan fingerprint density at radius 2 is 2.00 bits per heavy atom. The second-order valence-electron chi connectivity index (χ2n) is 4.54. The highest BCUT2D eigenvalue weighted by molar-refractivity contribution is 7.89. The normalized spacial score (nSPS) is 20.8. The Morgan fingerprint density at radius 1 is 1.30 bits per heavy atom. The van der Waals surface area contributed by atoms with Crippen molar-refractivity contribution in [3.8, 4) is 0 Å². The van der Waals surface area contributed by atoms with E-state index in [1.807, 2.05) is 0 Å². The summed E-state index contributed by atoms with van der Waals surface area (Å²) in [6.45, 7) is 0.179. The Balaban J connectivity index is 2.45. The lowest BCUT2D eigenvalue weighted by Crippen LogP contribution is -2.47. The van der Waals surface area contributed by atoms with Gasteiger partial charge in [0.15, 0.2) is 0 Å². The quantitative estimate of drug-likeness (QED) is 0.919. The van der Waals surface area contributed by atoms with Crippen LogP contribution in [0.4, 0.5) is 0 Å². The van der Waals surface area contributed by atoms with Crippen molar-refractivity contribution in [3.05, 3.63) is 28.2 Å². The van der Waals surface area contributed by atoms with E-state index in [1.165, 1.54) is 18.2 Å². The number of benzene rings is 1. The zero-order valence-corrected chi connectivity index (χ0v) is 12.7. The SMILES string of the molecule is O=C(O)C1CCCCN1S(=O)(=O)c1ccc(Cl)cc1Cl. The third-order valence-electron chi connectivity index (χ3n) is 3.22. The monoisotopic (exact) mass is 337 g/mol. The average Bonchev–Trinajstić information content (AvgIpc) is 2.38. The van der Waals surface area contributed by atoms with Crippen LogP contribution < -0.4 is 0 Å². The summed E-state index contributed by atoms with van der Waals surface area (Å²) >= 11 is 11.7. The van der Waals surface area contributed by atoms with Crippen molar-refractivity contribution in [2.24, 2.45) is 0 Å². The Hall–Kier alpha value is -0.820. The summed E-state index contributed by atoms with van der Waals surface area (Å²) in [6.07, 6.45) is 1.63. The van der Waals surface area contributed by atoms with Crippen molar-refractivity contribution >= 4 is 39.2 Å². The van der Waals surface area contributed by atoms with Gasteiger partial charge in [-0.05, 0) is 37.5 Å². The van der Waals surface area contributed by atoms with Crippen LogP contribution in [0, 0.1) is 0 Å². The van der Waals surface area contributed by atoms with E-state index in [1.54, 1.807) is 0 Å². The molecule has 0 aliphatic carbocycles. The van der Waals surface area contributed by atoms with Gasteiger partial charge in [0.2, 0.25) is 10.0 Å². The van der Waals surface area contributed by atoms with E-state index in [0.717, 1.165) is 4.31 Å². The summed E-state index contributed by atoms with van der Waals surface area (Å²) in [6, 6.07) is 3.00. The van der Waals surface area contributed by atoms with E-state index < -0.39 is 22.0 Å². The summed E-state index contributed by atoms with van der Waals surface area (Å²) in [5.41, 5.74) is 0. The van der Waals surface area contributed by atoms with Gasteiger partial charge in [-0.15, -0.1) is 0 Å². The van der Waals surface area contributed by atoms with Gasteiger partial charge >= 0.3 is 5.97 Å². The highest BCUT2D eigenvalue weighted by Crippen LogP contribution is 2.31. The van der Waals surface area contributed by atoms with Gasteiger partial charge in [0.1, 0.15) is 10.9 Å². The van der Waals surface area contributed by atoms with Gasteiger partial charge in [0, 0.05) is 11.6 Å². The van der Waals surface area contributed by atoms with Gasteiger partial charge in [-0.2, -0.15) is 4.31 Å². The fraction of sp³-hybridized carbons (Fsp3) is 0.417. The molecule has 1 aliphatic heterocycles. The van der Waals surface area contributed by atoms with Gasteiger partial charge in [-0.25, -0.2) is 8.42 Å². The van der Waals surface area contributed by atoms with Crippen LogP contribution in [-0.2, 0) is 14.8 Å². The molecule has 1 fully saturated rings. The second kappa shape index (κ2) is 5.89. The van der Waals surface area contributed by atoms with Crippen molar-refractivity contribution in [2.45, 2.75) is 30.2 Å². The Morgan fingerprint density at radius 3 is 2.60 bits per heavy atom. The van der Waals surface area contributed by atoms with Gasteiger partial charge in [0.05, 0.1) is 5.02 Å². The van der Waals surface area contributed by atoms with Crippen molar-refractivity contribution in [1.29, 1.82) is 0 Å². The molecule has 0 aromatic heterocycles. The summed E-state index contributed by atoms with van der Waals surface area (Å²) in [5, 5.41) is 9.49. The van der Waals surface area contributed by atoms with Crippen LogP contribution in [0.15, 0.2) is 23.1 Å². The predicted molar refractivity (Wildman–Crippen MR) is 75.6 cm³/mol. The maximum atomic E-state index is 12.6. The topological polar surface area (TPSA) is 74.7 Å². The molecule has 1 unspecified atom stereocenters. The molecule has 1 aromatic carbocycles. The fourth-order valence-corrected chi connectivity index (χ4v) is 4.65. The first kappa shape index (κ1) is 15.6. The molecule has 1 aliphatic rings. The number of hydrogen-bond acceptors (Lipinski definition) is 3. The average molecular weight is 338 g/mol. The van der Waals surface area contributed by atoms with Crippen molar-refractivity contribution in [3.63, 3.8) is 0 Å². The molecule has 0 saturated carbocycles. The second-order valence-corrected chi connectivity index (χ2v) is 7.24. The number of halogens is 2. The smallest absolute Gasteiger partial charge is 0.322 e. The molecule has 8 heteroatoms. The molecule has 0 spiro atoms. The number of rotatable bonds is 3. The van der Waals surface area contributed by atoms with Crippen molar-refractivity contribution in [1.82, 2.24) is 4.31 Å².